The number of aromatic amines is 1. The molecule has 1 aliphatic heterocycles. The Morgan fingerprint density at radius 3 is 3.21 bits per heavy atom. The van der Waals surface area contributed by atoms with E-state index in [4.69, 9.17) is 5.11 Å². The number of nitrogens with zero attached hydrogens (tertiary/aromatic N) is 4. The number of amides is 1. The van der Waals surface area contributed by atoms with Crippen LogP contribution < -0.4 is 5.32 Å². The molecular formula is C11H14N6O2. The van der Waals surface area contributed by atoms with Crippen molar-refractivity contribution in [3.05, 3.63) is 12.7 Å². The average molecular weight is 262 g/mol. The third-order valence-electron chi connectivity index (χ3n) is 3.34. The number of hydrogen-bond acceptors (Lipinski definition) is 5. The number of fused-ring (bicyclic) bond motifs is 1. The van der Waals surface area contributed by atoms with Gasteiger partial charge in [-0.15, -0.1) is 0 Å². The number of hydrogen-bond donors (Lipinski definition) is 3. The van der Waals surface area contributed by atoms with Crippen LogP contribution in [0.25, 0.3) is 11.2 Å². The molecule has 1 saturated heterocycles. The summed E-state index contributed by atoms with van der Waals surface area (Å²) in [5.74, 6) is 1.01. The second-order valence-corrected chi connectivity index (χ2v) is 4.59. The van der Waals surface area contributed by atoms with Gasteiger partial charge in [-0.25, -0.2) is 19.7 Å². The van der Waals surface area contributed by atoms with Crippen LogP contribution in [0, 0.1) is 5.92 Å². The summed E-state index contributed by atoms with van der Waals surface area (Å²) in [7, 11) is 0. The van der Waals surface area contributed by atoms with Crippen molar-refractivity contribution in [3.63, 3.8) is 0 Å². The fourth-order valence-corrected chi connectivity index (χ4v) is 2.31. The van der Waals surface area contributed by atoms with E-state index in [0.29, 0.717) is 37.0 Å². The van der Waals surface area contributed by atoms with Crippen LogP contribution >= 0.6 is 0 Å². The Kier molecular flexibility index (Phi) is 2.90. The van der Waals surface area contributed by atoms with Gasteiger partial charge < -0.3 is 20.3 Å². The molecular weight excluding hydrogens is 248 g/mol. The summed E-state index contributed by atoms with van der Waals surface area (Å²) in [4.78, 5) is 27.5. The molecule has 2 aromatic rings. The lowest BCUT2D eigenvalue weighted by Crippen LogP contribution is -2.28. The summed E-state index contributed by atoms with van der Waals surface area (Å²) in [6.45, 7) is 1.86. The van der Waals surface area contributed by atoms with Crippen molar-refractivity contribution in [2.75, 3.05) is 25.0 Å². The smallest absolute Gasteiger partial charge is 0.407 e. The van der Waals surface area contributed by atoms with Gasteiger partial charge in [0.15, 0.2) is 11.5 Å². The zero-order valence-electron chi connectivity index (χ0n) is 10.2. The van der Waals surface area contributed by atoms with E-state index in [2.05, 4.69) is 25.3 Å². The van der Waals surface area contributed by atoms with Gasteiger partial charge in [-0.3, -0.25) is 0 Å². The highest BCUT2D eigenvalue weighted by Crippen LogP contribution is 2.19. The molecule has 0 radical (unpaired) electrons. The first-order chi connectivity index (χ1) is 9.24. The molecule has 3 N–H and O–H groups in total. The molecule has 8 nitrogen and oxygen atoms in total. The molecule has 100 valence electrons. The molecule has 0 bridgehead atoms. The first-order valence-corrected chi connectivity index (χ1v) is 6.10. The van der Waals surface area contributed by atoms with Crippen molar-refractivity contribution in [2.45, 2.75) is 6.42 Å². The van der Waals surface area contributed by atoms with Crippen LogP contribution in [-0.2, 0) is 0 Å². The Hall–Kier alpha value is -2.38. The molecule has 8 heteroatoms. The van der Waals surface area contributed by atoms with Crippen LogP contribution in [-0.4, -0.2) is 55.7 Å². The summed E-state index contributed by atoms with van der Waals surface area (Å²) in [6, 6.07) is 0. The van der Waals surface area contributed by atoms with Crippen molar-refractivity contribution in [1.29, 1.82) is 0 Å². The maximum absolute atomic E-state index is 10.8. The minimum absolute atomic E-state index is 0.309. The number of aromatic nitrogens is 4. The van der Waals surface area contributed by atoms with Gasteiger partial charge in [-0.05, 0) is 12.3 Å². The van der Waals surface area contributed by atoms with Crippen LogP contribution in [0.2, 0.25) is 0 Å². The average Bonchev–Trinajstić information content (AvgIpc) is 3.05. The Balaban J connectivity index is 1.64. The van der Waals surface area contributed by atoms with Gasteiger partial charge in [-0.1, -0.05) is 0 Å². The molecule has 19 heavy (non-hydrogen) atoms. The van der Waals surface area contributed by atoms with Crippen molar-refractivity contribution in [3.8, 4) is 0 Å². The van der Waals surface area contributed by atoms with E-state index in [-0.39, 0.29) is 0 Å². The number of imidazole rings is 1. The Labute approximate surface area is 108 Å². The summed E-state index contributed by atoms with van der Waals surface area (Å²) in [5, 5.41) is 12.1. The molecule has 1 unspecified atom stereocenters. The molecule has 1 amide bonds. The number of rotatable bonds is 3. The maximum atomic E-state index is 10.8. The largest absolute Gasteiger partial charge is 0.465 e. The van der Waals surface area contributed by atoms with E-state index in [1.165, 1.54) is 11.2 Å². The highest BCUT2D eigenvalue weighted by Gasteiger charge is 2.25. The standard InChI is InChI=1S/C11H14N6O2/c18-11(19)17-2-1-7(4-17)3-12-9-8-10(14-5-13-8)16-6-15-9/h5-7H,1-4H2,(H,18,19)(H2,12,13,14,15,16). The number of likely N-dealkylation sites (tertiary alicyclic amines) is 1. The minimum atomic E-state index is -0.847. The first-order valence-electron chi connectivity index (χ1n) is 6.10. The third kappa shape index (κ3) is 2.28. The lowest BCUT2D eigenvalue weighted by Gasteiger charge is -2.13. The minimum Gasteiger partial charge on any atom is -0.465 e. The number of H-pyrrole nitrogens is 1. The predicted molar refractivity (Wildman–Crippen MR) is 67.9 cm³/mol. The highest BCUT2D eigenvalue weighted by molar-refractivity contribution is 5.81. The normalized spacial score (nSPS) is 18.9. The van der Waals surface area contributed by atoms with Gasteiger partial charge >= 0.3 is 6.09 Å². The van der Waals surface area contributed by atoms with E-state index in [9.17, 15) is 4.79 Å². The molecule has 1 atom stereocenters. The molecule has 3 heterocycles. The zero-order valence-corrected chi connectivity index (χ0v) is 10.2. The molecule has 0 saturated carbocycles. The second kappa shape index (κ2) is 4.71. The summed E-state index contributed by atoms with van der Waals surface area (Å²) >= 11 is 0. The van der Waals surface area contributed by atoms with Crippen molar-refractivity contribution in [1.82, 2.24) is 24.8 Å². The summed E-state index contributed by atoms with van der Waals surface area (Å²) < 4.78 is 0. The summed E-state index contributed by atoms with van der Waals surface area (Å²) in [5.41, 5.74) is 1.40. The number of anilines is 1. The molecule has 1 fully saturated rings. The van der Waals surface area contributed by atoms with Gasteiger partial charge in [0.25, 0.3) is 0 Å². The Morgan fingerprint density at radius 1 is 1.53 bits per heavy atom. The Morgan fingerprint density at radius 2 is 2.42 bits per heavy atom. The van der Waals surface area contributed by atoms with Gasteiger partial charge in [0.2, 0.25) is 0 Å². The van der Waals surface area contributed by atoms with E-state index >= 15 is 0 Å². The predicted octanol–water partition coefficient (Wildman–Crippen LogP) is 0.765. The lowest BCUT2D eigenvalue weighted by molar-refractivity contribution is 0.154. The van der Waals surface area contributed by atoms with Gasteiger partial charge in [0.1, 0.15) is 11.8 Å². The zero-order chi connectivity index (χ0) is 13.2. The molecule has 0 spiro atoms. The molecule has 0 aliphatic carbocycles. The first kappa shape index (κ1) is 11.7. The fraction of sp³-hybridized carbons (Fsp3) is 0.455. The quantitative estimate of drug-likeness (QED) is 0.754. The maximum Gasteiger partial charge on any atom is 0.407 e. The van der Waals surface area contributed by atoms with Crippen LogP contribution in [0.15, 0.2) is 12.7 Å². The molecule has 3 rings (SSSR count). The van der Waals surface area contributed by atoms with Gasteiger partial charge in [0.05, 0.1) is 6.33 Å². The third-order valence-corrected chi connectivity index (χ3v) is 3.34. The SMILES string of the molecule is O=C(O)N1CCC(CNc2ncnc3nc[nH]c23)C1. The van der Waals surface area contributed by atoms with Gasteiger partial charge in [0, 0.05) is 19.6 Å². The van der Waals surface area contributed by atoms with Gasteiger partial charge in [-0.2, -0.15) is 0 Å². The fourth-order valence-electron chi connectivity index (χ4n) is 2.31. The topological polar surface area (TPSA) is 107 Å². The van der Waals surface area contributed by atoms with E-state index in [1.807, 2.05) is 0 Å². The van der Waals surface area contributed by atoms with Crippen molar-refractivity contribution >= 4 is 23.1 Å². The molecule has 2 aromatic heterocycles. The van der Waals surface area contributed by atoms with E-state index in [1.54, 1.807) is 6.33 Å². The number of carbonyl (C=O) groups is 1. The van der Waals surface area contributed by atoms with Crippen LogP contribution in [0.1, 0.15) is 6.42 Å². The van der Waals surface area contributed by atoms with Crippen LogP contribution in [0.3, 0.4) is 0 Å². The van der Waals surface area contributed by atoms with E-state index in [0.717, 1.165) is 11.9 Å². The highest BCUT2D eigenvalue weighted by atomic mass is 16.4. The summed E-state index contributed by atoms with van der Waals surface area (Å²) in [6.07, 6.45) is 3.06. The number of nitrogens with one attached hydrogen (secondary N) is 2. The van der Waals surface area contributed by atoms with Crippen molar-refractivity contribution < 1.29 is 9.90 Å². The van der Waals surface area contributed by atoms with Crippen LogP contribution in [0.4, 0.5) is 10.6 Å². The number of carboxylic acid groups (broad SMARTS) is 1. The van der Waals surface area contributed by atoms with Crippen molar-refractivity contribution in [2.24, 2.45) is 5.92 Å². The molecule has 0 aromatic carbocycles. The monoisotopic (exact) mass is 262 g/mol. The Bertz CT molecular complexity index is 598. The van der Waals surface area contributed by atoms with E-state index < -0.39 is 6.09 Å². The molecule has 1 aliphatic rings. The van der Waals surface area contributed by atoms with Crippen LogP contribution in [0.5, 0.6) is 0 Å². The second-order valence-electron chi connectivity index (χ2n) is 4.59. The lowest BCUT2D eigenvalue weighted by atomic mass is 10.1.